The number of rotatable bonds is 6. The lowest BCUT2D eigenvalue weighted by Crippen LogP contribution is -2.20. The van der Waals surface area contributed by atoms with Crippen molar-refractivity contribution in [2.75, 3.05) is 6.54 Å². The first-order chi connectivity index (χ1) is 10.2. The van der Waals surface area contributed by atoms with Crippen molar-refractivity contribution >= 4 is 11.3 Å². The van der Waals surface area contributed by atoms with Crippen LogP contribution in [0.3, 0.4) is 0 Å². The molecule has 0 amide bonds. The van der Waals surface area contributed by atoms with E-state index in [0.717, 1.165) is 5.56 Å². The Morgan fingerprint density at radius 2 is 2.10 bits per heavy atom. The lowest BCUT2D eigenvalue weighted by Gasteiger charge is -2.22. The Kier molecular flexibility index (Phi) is 4.63. The Morgan fingerprint density at radius 3 is 2.76 bits per heavy atom. The van der Waals surface area contributed by atoms with E-state index in [4.69, 9.17) is 0 Å². The Bertz CT molecular complexity index is 580. The molecule has 0 saturated heterocycles. The van der Waals surface area contributed by atoms with Crippen molar-refractivity contribution in [3.8, 4) is 0 Å². The van der Waals surface area contributed by atoms with Crippen LogP contribution in [-0.4, -0.2) is 16.6 Å². The van der Waals surface area contributed by atoms with E-state index in [1.54, 1.807) is 23.5 Å². The summed E-state index contributed by atoms with van der Waals surface area (Å²) in [6.07, 6.45) is 5.16. The maximum Gasteiger partial charge on any atom is 0.123 e. The molecule has 0 aliphatic heterocycles. The molecule has 0 radical (unpaired) electrons. The Morgan fingerprint density at radius 1 is 1.33 bits per heavy atom. The van der Waals surface area contributed by atoms with Gasteiger partial charge < -0.3 is 10.4 Å². The largest absolute Gasteiger partial charge is 0.387 e. The summed E-state index contributed by atoms with van der Waals surface area (Å²) in [5.41, 5.74) is 0.725. The van der Waals surface area contributed by atoms with Crippen molar-refractivity contribution in [1.29, 1.82) is 0 Å². The van der Waals surface area contributed by atoms with Gasteiger partial charge in [0.05, 0.1) is 11.1 Å². The van der Waals surface area contributed by atoms with Gasteiger partial charge in [-0.15, -0.1) is 11.3 Å². The molecule has 2 aromatic rings. The van der Waals surface area contributed by atoms with Crippen LogP contribution in [0.2, 0.25) is 0 Å². The van der Waals surface area contributed by atoms with E-state index in [9.17, 15) is 9.50 Å². The number of aromatic nitrogens is 1. The highest BCUT2D eigenvalue weighted by molar-refractivity contribution is 7.11. The predicted molar refractivity (Wildman–Crippen MR) is 81.8 cm³/mol. The lowest BCUT2D eigenvalue weighted by molar-refractivity contribution is 0.174. The second-order valence-corrected chi connectivity index (χ2v) is 6.64. The van der Waals surface area contributed by atoms with E-state index in [2.05, 4.69) is 10.3 Å². The molecular formula is C16H19FN2OS. The van der Waals surface area contributed by atoms with Crippen LogP contribution in [0.4, 0.5) is 4.39 Å². The van der Waals surface area contributed by atoms with Gasteiger partial charge in [0.1, 0.15) is 5.82 Å². The first-order valence-corrected chi connectivity index (χ1v) is 8.13. The first kappa shape index (κ1) is 14.6. The molecule has 5 heteroatoms. The van der Waals surface area contributed by atoms with Gasteiger partial charge in [-0.3, -0.25) is 0 Å². The predicted octanol–water partition coefficient (Wildman–Crippen LogP) is 3.37. The number of hydrogen-bond donors (Lipinski definition) is 2. The standard InChI is InChI=1S/C16H19FN2OS/c17-13-6-4-11(5-7-13)15(20)10-18-8-14-9-19-16(21-14)12-2-1-3-12/h4-7,9,12,15,18,20H,1-3,8,10H2. The van der Waals surface area contributed by atoms with Gasteiger partial charge in [-0.1, -0.05) is 18.6 Å². The van der Waals surface area contributed by atoms with Gasteiger partial charge in [-0.25, -0.2) is 9.37 Å². The molecule has 1 aliphatic rings. The number of hydrogen-bond acceptors (Lipinski definition) is 4. The summed E-state index contributed by atoms with van der Waals surface area (Å²) in [7, 11) is 0. The van der Waals surface area contributed by atoms with Gasteiger partial charge in [0.2, 0.25) is 0 Å². The van der Waals surface area contributed by atoms with E-state index < -0.39 is 6.10 Å². The van der Waals surface area contributed by atoms with Gasteiger partial charge in [0.25, 0.3) is 0 Å². The van der Waals surface area contributed by atoms with Crippen molar-refractivity contribution in [1.82, 2.24) is 10.3 Å². The smallest absolute Gasteiger partial charge is 0.123 e. The summed E-state index contributed by atoms with van der Waals surface area (Å²) in [5, 5.41) is 14.5. The third-order valence-electron chi connectivity index (χ3n) is 3.92. The molecule has 1 aromatic carbocycles. The zero-order valence-electron chi connectivity index (χ0n) is 11.8. The van der Waals surface area contributed by atoms with Gasteiger partial charge >= 0.3 is 0 Å². The minimum absolute atomic E-state index is 0.285. The van der Waals surface area contributed by atoms with Crippen molar-refractivity contribution < 1.29 is 9.50 Å². The number of thiazole rings is 1. The molecule has 1 heterocycles. The molecule has 3 nitrogen and oxygen atoms in total. The fourth-order valence-electron chi connectivity index (χ4n) is 2.38. The van der Waals surface area contributed by atoms with Gasteiger partial charge in [-0.05, 0) is 30.5 Å². The zero-order valence-corrected chi connectivity index (χ0v) is 12.6. The molecular weight excluding hydrogens is 287 g/mol. The van der Waals surface area contributed by atoms with Crippen LogP contribution >= 0.6 is 11.3 Å². The van der Waals surface area contributed by atoms with E-state index in [-0.39, 0.29) is 5.82 Å². The molecule has 0 bridgehead atoms. The molecule has 1 saturated carbocycles. The summed E-state index contributed by atoms with van der Waals surface area (Å²) < 4.78 is 12.8. The van der Waals surface area contributed by atoms with Crippen molar-refractivity contribution in [2.24, 2.45) is 0 Å². The molecule has 0 spiro atoms. The number of benzene rings is 1. The highest BCUT2D eigenvalue weighted by Crippen LogP contribution is 2.38. The van der Waals surface area contributed by atoms with E-state index in [0.29, 0.717) is 19.0 Å². The first-order valence-electron chi connectivity index (χ1n) is 7.31. The number of aliphatic hydroxyl groups is 1. The van der Waals surface area contributed by atoms with Crippen LogP contribution in [-0.2, 0) is 6.54 Å². The van der Waals surface area contributed by atoms with Crippen LogP contribution in [0.25, 0.3) is 0 Å². The van der Waals surface area contributed by atoms with E-state index in [1.807, 2.05) is 6.20 Å². The van der Waals surface area contributed by atoms with Crippen molar-refractivity contribution in [2.45, 2.75) is 37.8 Å². The molecule has 3 rings (SSSR count). The number of halogens is 1. The average Bonchev–Trinajstić information content (AvgIpc) is 2.86. The minimum atomic E-state index is -0.621. The topological polar surface area (TPSA) is 45.1 Å². The fraction of sp³-hybridized carbons (Fsp3) is 0.438. The maximum atomic E-state index is 12.8. The molecule has 21 heavy (non-hydrogen) atoms. The van der Waals surface area contributed by atoms with Gasteiger partial charge in [0, 0.05) is 30.1 Å². The normalized spacial score (nSPS) is 16.7. The summed E-state index contributed by atoms with van der Waals surface area (Å²) >= 11 is 1.76. The Hall–Kier alpha value is -1.30. The number of aliphatic hydroxyl groups excluding tert-OH is 1. The number of nitrogens with zero attached hydrogens (tertiary/aromatic N) is 1. The van der Waals surface area contributed by atoms with Crippen LogP contribution in [0.1, 0.15) is 46.7 Å². The van der Waals surface area contributed by atoms with Crippen LogP contribution < -0.4 is 5.32 Å². The quantitative estimate of drug-likeness (QED) is 0.860. The number of nitrogens with one attached hydrogen (secondary N) is 1. The van der Waals surface area contributed by atoms with Crippen molar-refractivity contribution in [3.05, 3.63) is 51.7 Å². The average molecular weight is 306 g/mol. The fourth-order valence-corrected chi connectivity index (χ4v) is 3.44. The molecule has 1 fully saturated rings. The second kappa shape index (κ2) is 6.64. The van der Waals surface area contributed by atoms with Gasteiger partial charge in [-0.2, -0.15) is 0 Å². The third-order valence-corrected chi connectivity index (χ3v) is 5.08. The molecule has 1 atom stereocenters. The van der Waals surface area contributed by atoms with E-state index >= 15 is 0 Å². The lowest BCUT2D eigenvalue weighted by atomic mass is 9.86. The molecule has 1 aromatic heterocycles. The van der Waals surface area contributed by atoms with Crippen LogP contribution in [0.5, 0.6) is 0 Å². The van der Waals surface area contributed by atoms with Crippen molar-refractivity contribution in [3.63, 3.8) is 0 Å². The zero-order chi connectivity index (χ0) is 14.7. The highest BCUT2D eigenvalue weighted by atomic mass is 32.1. The monoisotopic (exact) mass is 306 g/mol. The molecule has 112 valence electrons. The van der Waals surface area contributed by atoms with Crippen LogP contribution in [0.15, 0.2) is 30.5 Å². The van der Waals surface area contributed by atoms with Crippen LogP contribution in [0, 0.1) is 5.82 Å². The molecule has 2 N–H and O–H groups in total. The minimum Gasteiger partial charge on any atom is -0.387 e. The van der Waals surface area contributed by atoms with E-state index in [1.165, 1.54) is 41.3 Å². The SMILES string of the molecule is OC(CNCc1cnc(C2CCC2)s1)c1ccc(F)cc1. The van der Waals surface area contributed by atoms with Gasteiger partial charge in [0.15, 0.2) is 0 Å². The summed E-state index contributed by atoms with van der Waals surface area (Å²) in [4.78, 5) is 5.68. The second-order valence-electron chi connectivity index (χ2n) is 5.49. The summed E-state index contributed by atoms with van der Waals surface area (Å²) in [6.45, 7) is 1.16. The maximum absolute atomic E-state index is 12.8. The Labute approximate surface area is 127 Å². The third kappa shape index (κ3) is 3.67. The summed E-state index contributed by atoms with van der Waals surface area (Å²) in [5.74, 6) is 0.389. The Balaban J connectivity index is 1.46. The summed E-state index contributed by atoms with van der Waals surface area (Å²) in [6, 6.07) is 5.96. The molecule has 1 aliphatic carbocycles. The molecule has 1 unspecified atom stereocenters. The highest BCUT2D eigenvalue weighted by Gasteiger charge is 2.22.